The number of aromatic nitrogens is 4. The summed E-state index contributed by atoms with van der Waals surface area (Å²) in [5.74, 6) is 0.838. The van der Waals surface area contributed by atoms with Gasteiger partial charge in [0.2, 0.25) is 5.91 Å². The standard InChI is InChI=1S/C17H15Cl2N5O2/c18-13-5-7-14(8-6-13)26-11-16-21-22-23-24(16)10-17(25)20-9-12-3-1-2-4-15(12)19/h1-8H,9-11H2,(H,20,25). The molecule has 0 aliphatic carbocycles. The van der Waals surface area contributed by atoms with Crippen molar-refractivity contribution < 1.29 is 9.53 Å². The lowest BCUT2D eigenvalue weighted by molar-refractivity contribution is -0.122. The molecule has 0 aliphatic heterocycles. The number of tetrazole rings is 1. The number of hydrogen-bond donors (Lipinski definition) is 1. The number of rotatable bonds is 7. The Hall–Kier alpha value is -2.64. The molecule has 0 atom stereocenters. The van der Waals surface area contributed by atoms with Gasteiger partial charge < -0.3 is 10.1 Å². The van der Waals surface area contributed by atoms with E-state index in [9.17, 15) is 4.79 Å². The first-order valence-electron chi connectivity index (χ1n) is 7.75. The van der Waals surface area contributed by atoms with E-state index in [-0.39, 0.29) is 19.1 Å². The molecule has 1 N–H and O–H groups in total. The number of carbonyl (C=O) groups excluding carboxylic acids is 1. The van der Waals surface area contributed by atoms with E-state index in [1.807, 2.05) is 18.2 Å². The maximum absolute atomic E-state index is 12.1. The molecule has 0 spiro atoms. The van der Waals surface area contributed by atoms with Gasteiger partial charge in [0.15, 0.2) is 5.82 Å². The van der Waals surface area contributed by atoms with Crippen molar-refractivity contribution in [2.24, 2.45) is 0 Å². The molecule has 3 aromatic rings. The molecule has 0 unspecified atom stereocenters. The number of halogens is 2. The van der Waals surface area contributed by atoms with Crippen molar-refractivity contribution in [2.45, 2.75) is 19.7 Å². The van der Waals surface area contributed by atoms with Gasteiger partial charge in [0, 0.05) is 16.6 Å². The van der Waals surface area contributed by atoms with E-state index in [0.29, 0.717) is 28.2 Å². The third kappa shape index (κ3) is 4.93. The van der Waals surface area contributed by atoms with Crippen LogP contribution in [0.2, 0.25) is 10.0 Å². The maximum atomic E-state index is 12.1. The monoisotopic (exact) mass is 391 g/mol. The smallest absolute Gasteiger partial charge is 0.242 e. The highest BCUT2D eigenvalue weighted by Gasteiger charge is 2.11. The zero-order valence-corrected chi connectivity index (χ0v) is 15.1. The van der Waals surface area contributed by atoms with Crippen LogP contribution in [0.5, 0.6) is 5.75 Å². The van der Waals surface area contributed by atoms with E-state index in [0.717, 1.165) is 5.56 Å². The molecule has 1 aromatic heterocycles. The highest BCUT2D eigenvalue weighted by Crippen LogP contribution is 2.16. The Bertz CT molecular complexity index is 883. The third-order valence-electron chi connectivity index (χ3n) is 3.51. The Morgan fingerprint density at radius 3 is 2.65 bits per heavy atom. The summed E-state index contributed by atoms with van der Waals surface area (Å²) in [5, 5.41) is 15.3. The van der Waals surface area contributed by atoms with Crippen molar-refractivity contribution in [1.82, 2.24) is 25.5 Å². The fraction of sp³-hybridized carbons (Fsp3) is 0.176. The number of hydrogen-bond acceptors (Lipinski definition) is 5. The van der Waals surface area contributed by atoms with Crippen molar-refractivity contribution in [3.05, 3.63) is 70.0 Å². The van der Waals surface area contributed by atoms with Crippen LogP contribution in [0.3, 0.4) is 0 Å². The summed E-state index contributed by atoms with van der Waals surface area (Å²) in [6, 6.07) is 14.3. The number of carbonyl (C=O) groups is 1. The molecule has 1 heterocycles. The number of nitrogens with zero attached hydrogens (tertiary/aromatic N) is 4. The minimum atomic E-state index is -0.232. The van der Waals surface area contributed by atoms with E-state index >= 15 is 0 Å². The first-order chi connectivity index (χ1) is 12.6. The van der Waals surface area contributed by atoms with Gasteiger partial charge in [-0.05, 0) is 46.3 Å². The van der Waals surface area contributed by atoms with Gasteiger partial charge in [0.05, 0.1) is 0 Å². The average molecular weight is 392 g/mol. The van der Waals surface area contributed by atoms with Gasteiger partial charge in [0.1, 0.15) is 18.9 Å². The number of amides is 1. The average Bonchev–Trinajstić information content (AvgIpc) is 3.07. The molecule has 0 bridgehead atoms. The van der Waals surface area contributed by atoms with Crippen LogP contribution in [-0.4, -0.2) is 26.1 Å². The summed E-state index contributed by atoms with van der Waals surface area (Å²) in [6.07, 6.45) is 0. The van der Waals surface area contributed by atoms with Crippen molar-refractivity contribution in [1.29, 1.82) is 0 Å². The highest BCUT2D eigenvalue weighted by molar-refractivity contribution is 6.31. The predicted octanol–water partition coefficient (Wildman–Crippen LogP) is 2.88. The van der Waals surface area contributed by atoms with Gasteiger partial charge in [-0.2, -0.15) is 0 Å². The SMILES string of the molecule is O=C(Cn1nnnc1COc1ccc(Cl)cc1)NCc1ccccc1Cl. The zero-order chi connectivity index (χ0) is 18.4. The Balaban J connectivity index is 1.53. The fourth-order valence-electron chi connectivity index (χ4n) is 2.16. The lowest BCUT2D eigenvalue weighted by Gasteiger charge is -2.09. The second-order valence-corrected chi connectivity index (χ2v) is 6.21. The lowest BCUT2D eigenvalue weighted by Crippen LogP contribution is -2.28. The van der Waals surface area contributed by atoms with Crippen LogP contribution in [0.1, 0.15) is 11.4 Å². The molecule has 9 heteroatoms. The molecule has 0 aliphatic rings. The van der Waals surface area contributed by atoms with Crippen LogP contribution in [0, 0.1) is 0 Å². The zero-order valence-electron chi connectivity index (χ0n) is 13.6. The Morgan fingerprint density at radius 1 is 1.12 bits per heavy atom. The summed E-state index contributed by atoms with van der Waals surface area (Å²) in [4.78, 5) is 12.1. The molecule has 1 amide bonds. The van der Waals surface area contributed by atoms with Gasteiger partial charge in [-0.15, -0.1) is 5.10 Å². The van der Waals surface area contributed by atoms with E-state index in [1.54, 1.807) is 30.3 Å². The van der Waals surface area contributed by atoms with Crippen LogP contribution in [0.4, 0.5) is 0 Å². The Morgan fingerprint density at radius 2 is 1.88 bits per heavy atom. The molecule has 0 saturated heterocycles. The molecule has 0 saturated carbocycles. The summed E-state index contributed by atoms with van der Waals surface area (Å²) < 4.78 is 6.99. The first-order valence-corrected chi connectivity index (χ1v) is 8.51. The Kier molecular flexibility index (Phi) is 6.04. The van der Waals surface area contributed by atoms with Gasteiger partial charge in [-0.25, -0.2) is 4.68 Å². The van der Waals surface area contributed by atoms with Crippen molar-refractivity contribution in [3.63, 3.8) is 0 Å². The molecule has 26 heavy (non-hydrogen) atoms. The van der Waals surface area contributed by atoms with Gasteiger partial charge in [-0.1, -0.05) is 41.4 Å². The van der Waals surface area contributed by atoms with E-state index in [4.69, 9.17) is 27.9 Å². The number of benzene rings is 2. The lowest BCUT2D eigenvalue weighted by atomic mass is 10.2. The van der Waals surface area contributed by atoms with Gasteiger partial charge in [0.25, 0.3) is 0 Å². The largest absolute Gasteiger partial charge is 0.486 e. The summed E-state index contributed by atoms with van der Waals surface area (Å²) in [5.41, 5.74) is 0.838. The van der Waals surface area contributed by atoms with Crippen molar-refractivity contribution >= 4 is 29.1 Å². The third-order valence-corrected chi connectivity index (χ3v) is 4.14. The van der Waals surface area contributed by atoms with Crippen LogP contribution in [0.15, 0.2) is 48.5 Å². The highest BCUT2D eigenvalue weighted by atomic mass is 35.5. The van der Waals surface area contributed by atoms with Crippen LogP contribution >= 0.6 is 23.2 Å². The predicted molar refractivity (Wildman–Crippen MR) is 96.9 cm³/mol. The van der Waals surface area contributed by atoms with E-state index in [2.05, 4.69) is 20.8 Å². The van der Waals surface area contributed by atoms with Gasteiger partial charge in [-0.3, -0.25) is 4.79 Å². The van der Waals surface area contributed by atoms with Crippen molar-refractivity contribution in [3.8, 4) is 5.75 Å². The molecule has 0 fully saturated rings. The molecular weight excluding hydrogens is 377 g/mol. The van der Waals surface area contributed by atoms with Gasteiger partial charge >= 0.3 is 0 Å². The number of nitrogens with one attached hydrogen (secondary N) is 1. The van der Waals surface area contributed by atoms with E-state index < -0.39 is 0 Å². The summed E-state index contributed by atoms with van der Waals surface area (Å²) >= 11 is 11.9. The molecule has 134 valence electrons. The molecule has 7 nitrogen and oxygen atoms in total. The molecule has 2 aromatic carbocycles. The molecular formula is C17H15Cl2N5O2. The maximum Gasteiger partial charge on any atom is 0.242 e. The summed E-state index contributed by atoms with van der Waals surface area (Å²) in [6.45, 7) is 0.445. The second-order valence-electron chi connectivity index (χ2n) is 5.36. The van der Waals surface area contributed by atoms with Crippen LogP contribution in [-0.2, 0) is 24.5 Å². The molecule has 3 rings (SSSR count). The minimum absolute atomic E-state index is 0.0171. The fourth-order valence-corrected chi connectivity index (χ4v) is 2.48. The topological polar surface area (TPSA) is 81.9 Å². The quantitative estimate of drug-likeness (QED) is 0.669. The Labute approximate surface area is 159 Å². The van der Waals surface area contributed by atoms with Crippen LogP contribution in [0.25, 0.3) is 0 Å². The second kappa shape index (κ2) is 8.64. The summed E-state index contributed by atoms with van der Waals surface area (Å²) in [7, 11) is 0. The first kappa shape index (κ1) is 18.2. The normalized spacial score (nSPS) is 10.5. The van der Waals surface area contributed by atoms with E-state index in [1.165, 1.54) is 4.68 Å². The number of ether oxygens (including phenoxy) is 1. The minimum Gasteiger partial charge on any atom is -0.486 e. The van der Waals surface area contributed by atoms with Crippen molar-refractivity contribution in [2.75, 3.05) is 0 Å². The molecule has 0 radical (unpaired) electrons. The van der Waals surface area contributed by atoms with Crippen LogP contribution < -0.4 is 10.1 Å².